The fourth-order valence-corrected chi connectivity index (χ4v) is 3.53. The van der Waals surface area contributed by atoms with Crippen molar-refractivity contribution in [2.75, 3.05) is 0 Å². The van der Waals surface area contributed by atoms with Gasteiger partial charge in [0.25, 0.3) is 0 Å². The van der Waals surface area contributed by atoms with E-state index < -0.39 is 0 Å². The van der Waals surface area contributed by atoms with Crippen LogP contribution in [-0.4, -0.2) is 0 Å². The second-order valence-corrected chi connectivity index (χ2v) is 5.98. The molecule has 22 heavy (non-hydrogen) atoms. The summed E-state index contributed by atoms with van der Waals surface area (Å²) in [7, 11) is 0. The van der Waals surface area contributed by atoms with Crippen molar-refractivity contribution in [1.29, 1.82) is 0 Å². The first-order valence-corrected chi connectivity index (χ1v) is 7.82. The Hall–Kier alpha value is -2.38. The van der Waals surface area contributed by atoms with Crippen LogP contribution in [0.1, 0.15) is 24.4 Å². The Morgan fingerprint density at radius 1 is 0.864 bits per heavy atom. The van der Waals surface area contributed by atoms with Gasteiger partial charge in [0.05, 0.1) is 0 Å². The minimum Gasteiger partial charge on any atom is -0.324 e. The predicted octanol–water partition coefficient (Wildman–Crippen LogP) is 5.55. The average molecular weight is 285 g/mol. The lowest BCUT2D eigenvalue weighted by atomic mass is 9.89. The Morgan fingerprint density at radius 2 is 1.50 bits per heavy atom. The third-order valence-corrected chi connectivity index (χ3v) is 4.64. The SMILES string of the molecule is C=CCC[C@@H](N)c1ccc2ccc3cccc4ccc1c2c34. The van der Waals surface area contributed by atoms with Crippen LogP contribution in [0.4, 0.5) is 0 Å². The van der Waals surface area contributed by atoms with Crippen LogP contribution in [0, 0.1) is 0 Å². The van der Waals surface area contributed by atoms with Crippen LogP contribution in [0.2, 0.25) is 0 Å². The molecular weight excluding hydrogens is 266 g/mol. The highest BCUT2D eigenvalue weighted by Gasteiger charge is 2.14. The molecule has 4 rings (SSSR count). The van der Waals surface area contributed by atoms with E-state index in [9.17, 15) is 0 Å². The molecule has 1 atom stereocenters. The summed E-state index contributed by atoms with van der Waals surface area (Å²) in [6.07, 6.45) is 3.83. The Morgan fingerprint density at radius 3 is 2.23 bits per heavy atom. The highest BCUT2D eigenvalue weighted by Crippen LogP contribution is 2.37. The largest absolute Gasteiger partial charge is 0.324 e. The van der Waals surface area contributed by atoms with Crippen LogP contribution in [-0.2, 0) is 0 Å². The molecule has 4 aromatic carbocycles. The number of hydrogen-bond donors (Lipinski definition) is 1. The molecule has 1 heteroatoms. The molecule has 0 heterocycles. The van der Waals surface area contributed by atoms with Crippen LogP contribution in [0.25, 0.3) is 32.3 Å². The van der Waals surface area contributed by atoms with E-state index in [-0.39, 0.29) is 6.04 Å². The maximum absolute atomic E-state index is 6.43. The Balaban J connectivity index is 2.06. The zero-order chi connectivity index (χ0) is 15.1. The van der Waals surface area contributed by atoms with Crippen molar-refractivity contribution in [2.24, 2.45) is 5.73 Å². The standard InChI is InChI=1S/C21H19N/c1-2-3-7-19(22)17-12-10-16-9-8-14-5-4-6-15-11-13-18(17)21(16)20(14)15/h2,4-6,8-13,19H,1,3,7,22H2/t19-/m1/s1. The van der Waals surface area contributed by atoms with E-state index in [1.807, 2.05) is 6.08 Å². The van der Waals surface area contributed by atoms with E-state index in [2.05, 4.69) is 61.2 Å². The second kappa shape index (κ2) is 5.11. The molecule has 0 saturated heterocycles. The number of allylic oxidation sites excluding steroid dienone is 1. The summed E-state index contributed by atoms with van der Waals surface area (Å²) in [5.74, 6) is 0. The number of hydrogen-bond acceptors (Lipinski definition) is 1. The van der Waals surface area contributed by atoms with Crippen molar-refractivity contribution in [2.45, 2.75) is 18.9 Å². The van der Waals surface area contributed by atoms with Crippen molar-refractivity contribution >= 4 is 32.3 Å². The number of nitrogens with two attached hydrogens (primary N) is 1. The molecule has 0 aromatic heterocycles. The molecule has 4 aromatic rings. The summed E-state index contributed by atoms with van der Waals surface area (Å²) in [6.45, 7) is 3.80. The highest BCUT2D eigenvalue weighted by molar-refractivity contribution is 6.23. The lowest BCUT2D eigenvalue weighted by Crippen LogP contribution is -2.10. The van der Waals surface area contributed by atoms with Gasteiger partial charge in [-0.15, -0.1) is 6.58 Å². The summed E-state index contributed by atoms with van der Waals surface area (Å²) in [5.41, 5.74) is 7.67. The Bertz CT molecular complexity index is 952. The van der Waals surface area contributed by atoms with E-state index in [0.29, 0.717) is 0 Å². The average Bonchev–Trinajstić information content (AvgIpc) is 2.57. The van der Waals surface area contributed by atoms with Crippen LogP contribution < -0.4 is 5.73 Å². The topological polar surface area (TPSA) is 26.0 Å². The van der Waals surface area contributed by atoms with E-state index in [1.54, 1.807) is 0 Å². The minimum absolute atomic E-state index is 0.0579. The van der Waals surface area contributed by atoms with Gasteiger partial charge in [0.1, 0.15) is 0 Å². The minimum atomic E-state index is 0.0579. The quantitative estimate of drug-likeness (QED) is 0.386. The van der Waals surface area contributed by atoms with E-state index in [4.69, 9.17) is 5.73 Å². The van der Waals surface area contributed by atoms with Gasteiger partial charge in [-0.25, -0.2) is 0 Å². The van der Waals surface area contributed by atoms with E-state index in [0.717, 1.165) is 12.8 Å². The molecule has 0 aliphatic heterocycles. The molecule has 0 aliphatic carbocycles. The van der Waals surface area contributed by atoms with Gasteiger partial charge < -0.3 is 5.73 Å². The van der Waals surface area contributed by atoms with Crippen molar-refractivity contribution in [3.05, 3.63) is 72.8 Å². The third kappa shape index (κ3) is 1.90. The Labute approximate surface area is 130 Å². The molecule has 1 nitrogen and oxygen atoms in total. The van der Waals surface area contributed by atoms with Crippen molar-refractivity contribution in [3.8, 4) is 0 Å². The fourth-order valence-electron chi connectivity index (χ4n) is 3.53. The summed E-state index contributed by atoms with van der Waals surface area (Å²) >= 11 is 0. The highest BCUT2D eigenvalue weighted by atomic mass is 14.6. The van der Waals surface area contributed by atoms with Crippen molar-refractivity contribution in [3.63, 3.8) is 0 Å². The van der Waals surface area contributed by atoms with Crippen LogP contribution >= 0.6 is 0 Å². The van der Waals surface area contributed by atoms with Crippen molar-refractivity contribution < 1.29 is 0 Å². The van der Waals surface area contributed by atoms with Crippen LogP contribution in [0.3, 0.4) is 0 Å². The molecular formula is C21H19N. The van der Waals surface area contributed by atoms with Gasteiger partial charge in [-0.3, -0.25) is 0 Å². The Kier molecular flexibility index (Phi) is 3.09. The zero-order valence-corrected chi connectivity index (χ0v) is 12.5. The molecule has 0 aliphatic rings. The maximum Gasteiger partial charge on any atom is 0.0304 e. The normalized spacial score (nSPS) is 13.1. The van der Waals surface area contributed by atoms with E-state index >= 15 is 0 Å². The summed E-state index contributed by atoms with van der Waals surface area (Å²) in [6, 6.07) is 19.8. The molecule has 0 amide bonds. The van der Waals surface area contributed by atoms with Gasteiger partial charge in [-0.05, 0) is 50.7 Å². The predicted molar refractivity (Wildman–Crippen MR) is 96.5 cm³/mol. The van der Waals surface area contributed by atoms with E-state index in [1.165, 1.54) is 37.9 Å². The molecule has 2 N–H and O–H groups in total. The van der Waals surface area contributed by atoms with Gasteiger partial charge >= 0.3 is 0 Å². The first-order valence-electron chi connectivity index (χ1n) is 7.82. The molecule has 108 valence electrons. The maximum atomic E-state index is 6.43. The van der Waals surface area contributed by atoms with Gasteiger partial charge in [0, 0.05) is 6.04 Å². The van der Waals surface area contributed by atoms with Gasteiger partial charge in [-0.1, -0.05) is 60.7 Å². The molecule has 0 spiro atoms. The zero-order valence-electron chi connectivity index (χ0n) is 12.5. The lowest BCUT2D eigenvalue weighted by Gasteiger charge is -2.17. The molecule has 0 radical (unpaired) electrons. The first-order chi connectivity index (χ1) is 10.8. The summed E-state index contributed by atoms with van der Waals surface area (Å²) < 4.78 is 0. The number of rotatable bonds is 4. The van der Waals surface area contributed by atoms with Gasteiger partial charge in [0.15, 0.2) is 0 Å². The molecule has 0 bridgehead atoms. The van der Waals surface area contributed by atoms with Gasteiger partial charge in [0.2, 0.25) is 0 Å². The third-order valence-electron chi connectivity index (χ3n) is 4.64. The van der Waals surface area contributed by atoms with Crippen molar-refractivity contribution in [1.82, 2.24) is 0 Å². The lowest BCUT2D eigenvalue weighted by molar-refractivity contribution is 0.666. The summed E-state index contributed by atoms with van der Waals surface area (Å²) in [5, 5.41) is 7.88. The summed E-state index contributed by atoms with van der Waals surface area (Å²) in [4.78, 5) is 0. The van der Waals surface area contributed by atoms with Gasteiger partial charge in [-0.2, -0.15) is 0 Å². The van der Waals surface area contributed by atoms with Crippen LogP contribution in [0.5, 0.6) is 0 Å². The second-order valence-electron chi connectivity index (χ2n) is 5.98. The molecule has 0 unspecified atom stereocenters. The fraction of sp³-hybridized carbons (Fsp3) is 0.143. The smallest absolute Gasteiger partial charge is 0.0304 e. The molecule has 0 fully saturated rings. The molecule has 0 saturated carbocycles. The number of benzene rings is 4. The monoisotopic (exact) mass is 285 g/mol. The van der Waals surface area contributed by atoms with Crippen LogP contribution in [0.15, 0.2) is 67.3 Å². The first kappa shape index (κ1) is 13.3.